The van der Waals surface area contributed by atoms with Crippen LogP contribution < -0.4 is 10.7 Å². The quantitative estimate of drug-likeness (QED) is 0.535. The molecular weight excluding hydrogens is 310 g/mol. The lowest BCUT2D eigenvalue weighted by atomic mass is 10.1. The lowest BCUT2D eigenvalue weighted by Gasteiger charge is -2.04. The van der Waals surface area contributed by atoms with Crippen LogP contribution in [-0.2, 0) is 0 Å². The smallest absolute Gasteiger partial charge is 0.307 e. The maximum absolute atomic E-state index is 11.8. The van der Waals surface area contributed by atoms with Crippen molar-refractivity contribution in [3.05, 3.63) is 77.3 Å². The largest absolute Gasteiger partial charge is 0.339 e. The molecule has 5 heteroatoms. The van der Waals surface area contributed by atoms with Crippen molar-refractivity contribution in [3.63, 3.8) is 0 Å². The summed E-state index contributed by atoms with van der Waals surface area (Å²) in [5, 5.41) is 9.49. The topological polar surface area (TPSA) is 53.5 Å². The van der Waals surface area contributed by atoms with Gasteiger partial charge in [0.05, 0.1) is 6.21 Å². The number of hydrogen-bond acceptors (Lipinski definition) is 2. The van der Waals surface area contributed by atoms with Gasteiger partial charge in [-0.2, -0.15) is 5.10 Å². The number of nitrogens with zero attached hydrogens (tertiary/aromatic N) is 1. The van der Waals surface area contributed by atoms with Crippen molar-refractivity contribution in [1.29, 1.82) is 0 Å². The maximum Gasteiger partial charge on any atom is 0.339 e. The fraction of sp³-hybridized carbons (Fsp3) is 0. The molecule has 0 unspecified atom stereocenters. The Morgan fingerprint density at radius 2 is 1.70 bits per heavy atom. The van der Waals surface area contributed by atoms with E-state index in [4.69, 9.17) is 11.6 Å². The van der Waals surface area contributed by atoms with Crippen LogP contribution in [0.1, 0.15) is 5.56 Å². The van der Waals surface area contributed by atoms with E-state index in [0.29, 0.717) is 10.7 Å². The van der Waals surface area contributed by atoms with Crippen molar-refractivity contribution in [3.8, 4) is 0 Å². The molecule has 2 amide bonds. The second-order valence-corrected chi connectivity index (χ2v) is 5.34. The van der Waals surface area contributed by atoms with Crippen molar-refractivity contribution in [2.24, 2.45) is 5.10 Å². The molecule has 0 spiro atoms. The van der Waals surface area contributed by atoms with Gasteiger partial charge in [0.25, 0.3) is 0 Å². The van der Waals surface area contributed by atoms with Crippen molar-refractivity contribution < 1.29 is 4.79 Å². The van der Waals surface area contributed by atoms with E-state index in [1.807, 2.05) is 42.5 Å². The Bertz CT molecular complexity index is 854. The molecule has 3 aromatic carbocycles. The third-order valence-electron chi connectivity index (χ3n) is 3.30. The van der Waals surface area contributed by atoms with Gasteiger partial charge < -0.3 is 5.32 Å². The molecule has 0 atom stereocenters. The Morgan fingerprint density at radius 3 is 2.52 bits per heavy atom. The molecule has 0 saturated heterocycles. The molecule has 0 aromatic heterocycles. The predicted molar refractivity (Wildman–Crippen MR) is 95.1 cm³/mol. The number of hydrogen-bond donors (Lipinski definition) is 2. The number of hydrazone groups is 1. The number of carbonyl (C=O) groups excluding carboxylic acids is 1. The van der Waals surface area contributed by atoms with Crippen molar-refractivity contribution in [1.82, 2.24) is 5.43 Å². The molecule has 3 aromatic rings. The zero-order chi connectivity index (χ0) is 16.1. The summed E-state index contributed by atoms with van der Waals surface area (Å²) in [4.78, 5) is 11.8. The van der Waals surface area contributed by atoms with Crippen molar-refractivity contribution in [2.75, 3.05) is 5.32 Å². The van der Waals surface area contributed by atoms with Gasteiger partial charge in [0.15, 0.2) is 0 Å². The molecule has 3 rings (SSSR count). The van der Waals surface area contributed by atoms with Gasteiger partial charge in [0.2, 0.25) is 0 Å². The van der Waals surface area contributed by atoms with Crippen LogP contribution >= 0.6 is 11.6 Å². The zero-order valence-corrected chi connectivity index (χ0v) is 12.9. The third-order valence-corrected chi connectivity index (χ3v) is 3.55. The van der Waals surface area contributed by atoms with E-state index in [0.717, 1.165) is 16.3 Å². The van der Waals surface area contributed by atoms with Gasteiger partial charge in [-0.05, 0) is 35.0 Å². The number of benzene rings is 3. The zero-order valence-electron chi connectivity index (χ0n) is 12.2. The number of halogens is 1. The molecule has 2 N–H and O–H groups in total. The van der Waals surface area contributed by atoms with Crippen LogP contribution in [0.2, 0.25) is 5.02 Å². The van der Waals surface area contributed by atoms with Gasteiger partial charge in [-0.25, -0.2) is 10.2 Å². The lowest BCUT2D eigenvalue weighted by Crippen LogP contribution is -2.24. The van der Waals surface area contributed by atoms with E-state index >= 15 is 0 Å². The third kappa shape index (κ3) is 3.87. The molecule has 0 bridgehead atoms. The minimum absolute atomic E-state index is 0.413. The lowest BCUT2D eigenvalue weighted by molar-refractivity contribution is 0.252. The molecule has 4 nitrogen and oxygen atoms in total. The fourth-order valence-electron chi connectivity index (χ4n) is 2.22. The monoisotopic (exact) mass is 323 g/mol. The van der Waals surface area contributed by atoms with E-state index < -0.39 is 6.03 Å². The van der Waals surface area contributed by atoms with E-state index in [9.17, 15) is 4.79 Å². The summed E-state index contributed by atoms with van der Waals surface area (Å²) in [5.41, 5.74) is 4.03. The minimum Gasteiger partial charge on any atom is -0.307 e. The molecule has 0 saturated carbocycles. The van der Waals surface area contributed by atoms with Crippen molar-refractivity contribution >= 4 is 40.3 Å². The fourth-order valence-corrected chi connectivity index (χ4v) is 2.34. The van der Waals surface area contributed by atoms with Gasteiger partial charge in [0.1, 0.15) is 0 Å². The molecule has 0 fully saturated rings. The second-order valence-electron chi connectivity index (χ2n) is 4.90. The van der Waals surface area contributed by atoms with E-state index in [-0.39, 0.29) is 0 Å². The van der Waals surface area contributed by atoms with E-state index in [1.54, 1.807) is 30.5 Å². The SMILES string of the molecule is O=C(N/N=C\c1cccc2ccccc12)Nc1ccc(Cl)cc1. The number of fused-ring (bicyclic) bond motifs is 1. The Kier molecular flexibility index (Phi) is 4.54. The van der Waals surface area contributed by atoms with Crippen LogP contribution in [0.5, 0.6) is 0 Å². The number of amides is 2. The molecule has 0 heterocycles. The number of anilines is 1. The van der Waals surface area contributed by atoms with Gasteiger partial charge in [-0.3, -0.25) is 0 Å². The van der Waals surface area contributed by atoms with Gasteiger partial charge in [0, 0.05) is 16.3 Å². The van der Waals surface area contributed by atoms with Gasteiger partial charge >= 0.3 is 6.03 Å². The molecule has 0 radical (unpaired) electrons. The van der Waals surface area contributed by atoms with Crippen LogP contribution in [0, 0.1) is 0 Å². The summed E-state index contributed by atoms with van der Waals surface area (Å²) in [7, 11) is 0. The van der Waals surface area contributed by atoms with Gasteiger partial charge in [-0.1, -0.05) is 54.1 Å². The Labute approximate surface area is 138 Å². The number of nitrogens with one attached hydrogen (secondary N) is 2. The maximum atomic E-state index is 11.8. The Hall–Kier alpha value is -2.85. The first-order valence-electron chi connectivity index (χ1n) is 7.06. The minimum atomic E-state index is -0.413. The second kappa shape index (κ2) is 6.94. The summed E-state index contributed by atoms with van der Waals surface area (Å²) >= 11 is 5.80. The van der Waals surface area contributed by atoms with Crippen LogP contribution in [0.25, 0.3) is 10.8 Å². The summed E-state index contributed by atoms with van der Waals surface area (Å²) in [6, 6.07) is 20.4. The molecule has 0 aliphatic heterocycles. The molecule has 0 aliphatic carbocycles. The molecular formula is C18H14ClN3O. The summed E-state index contributed by atoms with van der Waals surface area (Å²) < 4.78 is 0. The predicted octanol–water partition coefficient (Wildman–Crippen LogP) is 4.65. The highest BCUT2D eigenvalue weighted by molar-refractivity contribution is 6.30. The van der Waals surface area contributed by atoms with E-state index in [2.05, 4.69) is 15.8 Å². The average molecular weight is 324 g/mol. The number of rotatable bonds is 3. The van der Waals surface area contributed by atoms with Gasteiger partial charge in [-0.15, -0.1) is 0 Å². The highest BCUT2D eigenvalue weighted by atomic mass is 35.5. The molecule has 0 aliphatic rings. The standard InChI is InChI=1S/C18H14ClN3O/c19-15-8-10-16(11-9-15)21-18(23)22-20-12-14-6-3-5-13-4-1-2-7-17(13)14/h1-12H,(H2,21,22,23)/b20-12-. The molecule has 23 heavy (non-hydrogen) atoms. The number of urea groups is 1. The summed E-state index contributed by atoms with van der Waals surface area (Å²) in [5.74, 6) is 0. The normalized spacial score (nSPS) is 10.8. The summed E-state index contributed by atoms with van der Waals surface area (Å²) in [6.07, 6.45) is 1.63. The summed E-state index contributed by atoms with van der Waals surface area (Å²) in [6.45, 7) is 0. The van der Waals surface area contributed by atoms with Crippen LogP contribution in [0.15, 0.2) is 71.8 Å². The molecule has 114 valence electrons. The average Bonchev–Trinajstić information content (AvgIpc) is 2.57. The van der Waals surface area contributed by atoms with Crippen molar-refractivity contribution in [2.45, 2.75) is 0 Å². The van der Waals surface area contributed by atoms with Crippen LogP contribution in [0.4, 0.5) is 10.5 Å². The first-order chi connectivity index (χ1) is 11.2. The van der Waals surface area contributed by atoms with E-state index in [1.165, 1.54) is 0 Å². The Balaban J connectivity index is 1.66. The first-order valence-corrected chi connectivity index (χ1v) is 7.43. The first kappa shape index (κ1) is 15.1. The Morgan fingerprint density at radius 1 is 0.957 bits per heavy atom. The van der Waals surface area contributed by atoms with Crippen LogP contribution in [-0.4, -0.2) is 12.2 Å². The number of carbonyl (C=O) groups is 1. The highest BCUT2D eigenvalue weighted by Gasteiger charge is 2.00. The van der Waals surface area contributed by atoms with Crippen LogP contribution in [0.3, 0.4) is 0 Å². The highest BCUT2D eigenvalue weighted by Crippen LogP contribution is 2.16.